The molecule has 1 unspecified atom stereocenters. The van der Waals surface area contributed by atoms with Crippen LogP contribution in [-0.4, -0.2) is 23.7 Å². The first-order chi connectivity index (χ1) is 8.45. The lowest BCUT2D eigenvalue weighted by Crippen LogP contribution is -2.38. The van der Waals surface area contributed by atoms with Crippen molar-refractivity contribution in [3.63, 3.8) is 0 Å². The van der Waals surface area contributed by atoms with Crippen molar-refractivity contribution in [3.8, 4) is 0 Å². The molecule has 18 heavy (non-hydrogen) atoms. The summed E-state index contributed by atoms with van der Waals surface area (Å²) in [6.07, 6.45) is 0.648. The van der Waals surface area contributed by atoms with Crippen molar-refractivity contribution >= 4 is 17.5 Å². The van der Waals surface area contributed by atoms with Gasteiger partial charge in [-0.3, -0.25) is 4.79 Å². The van der Waals surface area contributed by atoms with Crippen molar-refractivity contribution in [2.24, 2.45) is 5.92 Å². The van der Waals surface area contributed by atoms with Crippen LogP contribution in [0, 0.1) is 11.7 Å². The van der Waals surface area contributed by atoms with Gasteiger partial charge in [-0.25, -0.2) is 4.39 Å². The zero-order chi connectivity index (χ0) is 13.7. The van der Waals surface area contributed by atoms with Gasteiger partial charge in [0.2, 0.25) is 0 Å². The summed E-state index contributed by atoms with van der Waals surface area (Å²) >= 11 is 5.72. The van der Waals surface area contributed by atoms with E-state index < -0.39 is 11.7 Å². The number of nitrogens with one attached hydrogen (secondary N) is 1. The van der Waals surface area contributed by atoms with Gasteiger partial charge in [-0.1, -0.05) is 31.5 Å². The molecule has 0 saturated carbocycles. The Balaban J connectivity index is 2.78. The summed E-state index contributed by atoms with van der Waals surface area (Å²) in [5.41, 5.74) is 0.0823. The minimum atomic E-state index is -0.631. The third-order valence-corrected chi connectivity index (χ3v) is 2.89. The predicted octanol–water partition coefficient (Wildman–Crippen LogP) is 2.62. The number of halogens is 2. The van der Waals surface area contributed by atoms with E-state index in [1.807, 2.05) is 13.8 Å². The molecule has 0 aliphatic heterocycles. The second-order valence-corrected chi connectivity index (χ2v) is 4.96. The third-order valence-electron chi connectivity index (χ3n) is 2.51. The van der Waals surface area contributed by atoms with Crippen molar-refractivity contribution in [2.45, 2.75) is 26.3 Å². The highest BCUT2D eigenvalue weighted by Gasteiger charge is 2.17. The van der Waals surface area contributed by atoms with Crippen LogP contribution in [0.2, 0.25) is 5.02 Å². The number of amides is 1. The molecule has 0 saturated heterocycles. The normalized spacial score (nSPS) is 12.6. The summed E-state index contributed by atoms with van der Waals surface area (Å²) in [4.78, 5) is 11.9. The first-order valence-electron chi connectivity index (χ1n) is 5.81. The van der Waals surface area contributed by atoms with Crippen molar-refractivity contribution in [2.75, 3.05) is 6.61 Å². The van der Waals surface area contributed by atoms with Crippen molar-refractivity contribution in [1.82, 2.24) is 5.32 Å². The molecule has 1 aromatic carbocycles. The molecule has 1 rings (SSSR count). The Kier molecular flexibility index (Phi) is 5.56. The van der Waals surface area contributed by atoms with E-state index in [2.05, 4.69) is 5.32 Å². The van der Waals surface area contributed by atoms with E-state index in [0.29, 0.717) is 12.3 Å². The number of benzene rings is 1. The van der Waals surface area contributed by atoms with Gasteiger partial charge in [-0.05, 0) is 24.5 Å². The summed E-state index contributed by atoms with van der Waals surface area (Å²) in [5.74, 6) is -0.765. The zero-order valence-electron chi connectivity index (χ0n) is 10.4. The molecule has 0 aliphatic carbocycles. The monoisotopic (exact) mass is 273 g/mol. The minimum absolute atomic E-state index is 0.0823. The van der Waals surface area contributed by atoms with Crippen LogP contribution < -0.4 is 5.32 Å². The second kappa shape index (κ2) is 6.71. The maximum atomic E-state index is 13.2. The molecule has 1 amide bonds. The van der Waals surface area contributed by atoms with Crippen LogP contribution in [0.3, 0.4) is 0 Å². The average molecular weight is 274 g/mol. The maximum absolute atomic E-state index is 13.2. The fourth-order valence-electron chi connectivity index (χ4n) is 1.69. The molecule has 2 N–H and O–H groups in total. The van der Waals surface area contributed by atoms with Crippen LogP contribution in [0.15, 0.2) is 18.2 Å². The Hall–Kier alpha value is -1.13. The molecule has 1 aromatic rings. The Morgan fingerprint density at radius 1 is 1.50 bits per heavy atom. The summed E-state index contributed by atoms with van der Waals surface area (Å²) in [6.45, 7) is 3.82. The molecular formula is C13H17ClFNO2. The molecular weight excluding hydrogens is 257 g/mol. The lowest BCUT2D eigenvalue weighted by molar-refractivity contribution is 0.0908. The van der Waals surface area contributed by atoms with E-state index in [1.165, 1.54) is 18.2 Å². The molecule has 0 heterocycles. The van der Waals surface area contributed by atoms with Crippen LogP contribution in [0.25, 0.3) is 0 Å². The van der Waals surface area contributed by atoms with Crippen molar-refractivity contribution < 1.29 is 14.3 Å². The van der Waals surface area contributed by atoms with E-state index in [9.17, 15) is 14.3 Å². The average Bonchev–Trinajstić information content (AvgIpc) is 2.31. The van der Waals surface area contributed by atoms with Gasteiger partial charge in [-0.15, -0.1) is 0 Å². The summed E-state index contributed by atoms with van der Waals surface area (Å²) in [6, 6.07) is 3.71. The predicted molar refractivity (Wildman–Crippen MR) is 69.2 cm³/mol. The van der Waals surface area contributed by atoms with E-state index in [-0.39, 0.29) is 23.2 Å². The lowest BCUT2D eigenvalue weighted by atomic mass is 10.0. The van der Waals surface area contributed by atoms with Crippen LogP contribution in [0.1, 0.15) is 30.6 Å². The Morgan fingerprint density at radius 2 is 2.17 bits per heavy atom. The van der Waals surface area contributed by atoms with Gasteiger partial charge in [0.15, 0.2) is 0 Å². The van der Waals surface area contributed by atoms with Crippen molar-refractivity contribution in [3.05, 3.63) is 34.6 Å². The molecule has 0 radical (unpaired) electrons. The smallest absolute Gasteiger partial charge is 0.253 e. The molecule has 0 aromatic heterocycles. The second-order valence-electron chi connectivity index (χ2n) is 4.58. The third kappa shape index (κ3) is 3.96. The highest BCUT2D eigenvalue weighted by molar-refractivity contribution is 6.34. The van der Waals surface area contributed by atoms with Crippen LogP contribution >= 0.6 is 11.6 Å². The van der Waals surface area contributed by atoms with Crippen molar-refractivity contribution in [1.29, 1.82) is 0 Å². The number of carbonyl (C=O) groups is 1. The largest absolute Gasteiger partial charge is 0.394 e. The molecule has 0 aliphatic rings. The summed E-state index contributed by atoms with van der Waals surface area (Å²) in [7, 11) is 0. The Morgan fingerprint density at radius 3 is 2.72 bits per heavy atom. The summed E-state index contributed by atoms with van der Waals surface area (Å²) in [5, 5.41) is 11.6. The first-order valence-corrected chi connectivity index (χ1v) is 6.19. The van der Waals surface area contributed by atoms with Gasteiger partial charge in [-0.2, -0.15) is 0 Å². The van der Waals surface area contributed by atoms with Gasteiger partial charge in [0, 0.05) is 0 Å². The molecule has 0 fully saturated rings. The number of aliphatic hydroxyl groups is 1. The first kappa shape index (κ1) is 14.9. The van der Waals surface area contributed by atoms with E-state index >= 15 is 0 Å². The molecule has 100 valence electrons. The SMILES string of the molecule is CC(C)CC(CO)NC(=O)c1cccc(F)c1Cl. The topological polar surface area (TPSA) is 49.3 Å². The van der Waals surface area contributed by atoms with E-state index in [4.69, 9.17) is 11.6 Å². The van der Waals surface area contributed by atoms with E-state index in [1.54, 1.807) is 0 Å². The lowest BCUT2D eigenvalue weighted by Gasteiger charge is -2.18. The zero-order valence-corrected chi connectivity index (χ0v) is 11.2. The maximum Gasteiger partial charge on any atom is 0.253 e. The van der Waals surface area contributed by atoms with Gasteiger partial charge < -0.3 is 10.4 Å². The molecule has 0 spiro atoms. The van der Waals surface area contributed by atoms with E-state index in [0.717, 1.165) is 0 Å². The van der Waals surface area contributed by atoms with Crippen LogP contribution in [0.4, 0.5) is 4.39 Å². The Bertz CT molecular complexity index is 423. The molecule has 3 nitrogen and oxygen atoms in total. The number of hydrogen-bond donors (Lipinski definition) is 2. The molecule has 0 bridgehead atoms. The van der Waals surface area contributed by atoms with Gasteiger partial charge >= 0.3 is 0 Å². The highest BCUT2D eigenvalue weighted by Crippen LogP contribution is 2.19. The number of aliphatic hydroxyl groups excluding tert-OH is 1. The van der Waals surface area contributed by atoms with Crippen LogP contribution in [0.5, 0.6) is 0 Å². The quantitative estimate of drug-likeness (QED) is 0.866. The fraction of sp³-hybridized carbons (Fsp3) is 0.462. The van der Waals surface area contributed by atoms with Crippen LogP contribution in [-0.2, 0) is 0 Å². The number of rotatable bonds is 5. The number of hydrogen-bond acceptors (Lipinski definition) is 2. The molecule has 1 atom stereocenters. The minimum Gasteiger partial charge on any atom is -0.394 e. The van der Waals surface area contributed by atoms with Gasteiger partial charge in [0.25, 0.3) is 5.91 Å². The standard InChI is InChI=1S/C13H17ClFNO2/c1-8(2)6-9(7-17)16-13(18)10-4-3-5-11(15)12(10)14/h3-5,8-9,17H,6-7H2,1-2H3,(H,16,18). The van der Waals surface area contributed by atoms with Gasteiger partial charge in [0.05, 0.1) is 23.2 Å². The molecule has 5 heteroatoms. The van der Waals surface area contributed by atoms with Gasteiger partial charge in [0.1, 0.15) is 5.82 Å². The summed E-state index contributed by atoms with van der Waals surface area (Å²) < 4.78 is 13.2. The highest BCUT2D eigenvalue weighted by atomic mass is 35.5. The Labute approximate surface area is 111 Å². The fourth-order valence-corrected chi connectivity index (χ4v) is 1.90. The number of carbonyl (C=O) groups excluding carboxylic acids is 1.